The van der Waals surface area contributed by atoms with Gasteiger partial charge in [-0.3, -0.25) is 10.1 Å². The number of pyridine rings is 1. The van der Waals surface area contributed by atoms with Gasteiger partial charge in [-0.05, 0) is 30.7 Å². The number of nitro benzene ring substituents is 1. The Hall–Kier alpha value is -2.70. The van der Waals surface area contributed by atoms with E-state index in [9.17, 15) is 14.5 Å². The number of hydrogen-bond donors (Lipinski definition) is 1. The van der Waals surface area contributed by atoms with E-state index in [1.54, 1.807) is 12.1 Å². The first-order chi connectivity index (χ1) is 9.47. The van der Waals surface area contributed by atoms with Crippen LogP contribution >= 0.6 is 0 Å². The number of ether oxygens (including phenoxy) is 1. The number of rotatable bonds is 4. The molecule has 0 saturated carbocycles. The summed E-state index contributed by atoms with van der Waals surface area (Å²) in [5.74, 6) is -0.473. The number of aromatic nitrogens is 1. The third-order valence-corrected chi connectivity index (χ3v) is 2.69. The van der Waals surface area contributed by atoms with Crippen LogP contribution in [0.2, 0.25) is 0 Å². The molecule has 1 aromatic carbocycles. The standard InChI is InChI=1S/C13H12FN3O3/c1-8-4-12(10(14)6-11(8)17(18)19)20-7-9-2-3-16-13(15)5-9/h2-6H,7H2,1H3,(H2,15,16). The average molecular weight is 277 g/mol. The molecule has 7 heteroatoms. The predicted molar refractivity (Wildman–Crippen MR) is 70.8 cm³/mol. The number of nitro groups is 1. The highest BCUT2D eigenvalue weighted by Crippen LogP contribution is 2.27. The summed E-state index contributed by atoms with van der Waals surface area (Å²) in [7, 11) is 0. The molecule has 0 spiro atoms. The lowest BCUT2D eigenvalue weighted by molar-refractivity contribution is -0.385. The van der Waals surface area contributed by atoms with E-state index in [1.807, 2.05) is 0 Å². The van der Waals surface area contributed by atoms with Gasteiger partial charge < -0.3 is 10.5 Å². The third kappa shape index (κ3) is 3.00. The maximum absolute atomic E-state index is 13.7. The van der Waals surface area contributed by atoms with Gasteiger partial charge in [0.1, 0.15) is 12.4 Å². The van der Waals surface area contributed by atoms with Crippen LogP contribution in [-0.2, 0) is 6.61 Å². The van der Waals surface area contributed by atoms with Crippen molar-refractivity contribution in [2.75, 3.05) is 5.73 Å². The Morgan fingerprint density at radius 2 is 2.20 bits per heavy atom. The molecule has 20 heavy (non-hydrogen) atoms. The number of benzene rings is 1. The van der Waals surface area contributed by atoms with Crippen LogP contribution in [0.4, 0.5) is 15.9 Å². The molecule has 0 atom stereocenters. The summed E-state index contributed by atoms with van der Waals surface area (Å²) >= 11 is 0. The summed E-state index contributed by atoms with van der Waals surface area (Å²) in [4.78, 5) is 13.9. The van der Waals surface area contributed by atoms with Gasteiger partial charge in [-0.25, -0.2) is 9.37 Å². The molecule has 0 aliphatic carbocycles. The summed E-state index contributed by atoms with van der Waals surface area (Å²) in [5.41, 5.74) is 6.31. The quantitative estimate of drug-likeness (QED) is 0.685. The molecule has 2 N–H and O–H groups in total. The minimum atomic E-state index is -0.774. The number of aryl methyl sites for hydroxylation is 1. The van der Waals surface area contributed by atoms with Crippen LogP contribution in [0.25, 0.3) is 0 Å². The molecule has 0 bridgehead atoms. The van der Waals surface area contributed by atoms with E-state index >= 15 is 0 Å². The first-order valence-corrected chi connectivity index (χ1v) is 5.75. The molecule has 2 aromatic rings. The summed E-state index contributed by atoms with van der Waals surface area (Å²) < 4.78 is 19.0. The molecule has 6 nitrogen and oxygen atoms in total. The van der Waals surface area contributed by atoms with E-state index in [1.165, 1.54) is 19.2 Å². The number of nitrogen functional groups attached to an aromatic ring is 1. The van der Waals surface area contributed by atoms with Crippen molar-refractivity contribution >= 4 is 11.5 Å². The van der Waals surface area contributed by atoms with Crippen molar-refractivity contribution in [1.82, 2.24) is 4.98 Å². The van der Waals surface area contributed by atoms with Crippen LogP contribution in [0, 0.1) is 22.9 Å². The summed E-state index contributed by atoms with van der Waals surface area (Å²) in [6, 6.07) is 5.45. The lowest BCUT2D eigenvalue weighted by atomic mass is 10.2. The molecule has 0 amide bonds. The molecule has 1 aromatic heterocycles. The fraction of sp³-hybridized carbons (Fsp3) is 0.154. The fourth-order valence-electron chi connectivity index (χ4n) is 1.70. The maximum atomic E-state index is 13.7. The van der Waals surface area contributed by atoms with E-state index in [0.29, 0.717) is 11.4 Å². The number of hydrogen-bond acceptors (Lipinski definition) is 5. The maximum Gasteiger partial charge on any atom is 0.275 e. The van der Waals surface area contributed by atoms with E-state index in [2.05, 4.69) is 4.98 Å². The Morgan fingerprint density at radius 1 is 1.45 bits per heavy atom. The Labute approximate surface area is 114 Å². The average Bonchev–Trinajstić information content (AvgIpc) is 2.39. The van der Waals surface area contributed by atoms with Crippen LogP contribution in [0.3, 0.4) is 0 Å². The Morgan fingerprint density at radius 3 is 2.85 bits per heavy atom. The number of nitrogens with two attached hydrogens (primary N) is 1. The molecule has 104 valence electrons. The van der Waals surface area contributed by atoms with Gasteiger partial charge in [-0.1, -0.05) is 0 Å². The third-order valence-electron chi connectivity index (χ3n) is 2.69. The molecule has 0 fully saturated rings. The zero-order chi connectivity index (χ0) is 14.7. The minimum absolute atomic E-state index is 0.0384. The zero-order valence-corrected chi connectivity index (χ0v) is 10.7. The van der Waals surface area contributed by atoms with Gasteiger partial charge in [0.2, 0.25) is 0 Å². The van der Waals surface area contributed by atoms with Crippen molar-refractivity contribution in [2.45, 2.75) is 13.5 Å². The summed E-state index contributed by atoms with van der Waals surface area (Å²) in [6.07, 6.45) is 1.52. The van der Waals surface area contributed by atoms with Gasteiger partial charge in [0.25, 0.3) is 5.69 Å². The van der Waals surface area contributed by atoms with Gasteiger partial charge in [-0.15, -0.1) is 0 Å². The second-order valence-electron chi connectivity index (χ2n) is 4.20. The summed E-state index contributed by atoms with van der Waals surface area (Å²) in [5, 5.41) is 10.7. The molecule has 2 rings (SSSR count). The fourth-order valence-corrected chi connectivity index (χ4v) is 1.70. The normalized spacial score (nSPS) is 10.3. The SMILES string of the molecule is Cc1cc(OCc2ccnc(N)c2)c(F)cc1[N+](=O)[O-]. The Bertz CT molecular complexity index is 661. The molecule has 0 unspecified atom stereocenters. The largest absolute Gasteiger partial charge is 0.486 e. The van der Waals surface area contributed by atoms with Crippen molar-refractivity contribution in [2.24, 2.45) is 0 Å². The van der Waals surface area contributed by atoms with Crippen molar-refractivity contribution in [3.8, 4) is 5.75 Å². The highest BCUT2D eigenvalue weighted by molar-refractivity contribution is 5.45. The van der Waals surface area contributed by atoms with E-state index < -0.39 is 10.7 Å². The zero-order valence-electron chi connectivity index (χ0n) is 10.7. The molecule has 1 heterocycles. The smallest absolute Gasteiger partial charge is 0.275 e. The topological polar surface area (TPSA) is 91.3 Å². The van der Waals surface area contributed by atoms with Crippen LogP contribution in [0.1, 0.15) is 11.1 Å². The van der Waals surface area contributed by atoms with E-state index in [0.717, 1.165) is 11.6 Å². The van der Waals surface area contributed by atoms with Crippen molar-refractivity contribution in [3.05, 3.63) is 57.5 Å². The molecular formula is C13H12FN3O3. The van der Waals surface area contributed by atoms with E-state index in [-0.39, 0.29) is 18.0 Å². The second-order valence-corrected chi connectivity index (χ2v) is 4.20. The first-order valence-electron chi connectivity index (χ1n) is 5.75. The Kier molecular flexibility index (Phi) is 3.79. The van der Waals surface area contributed by atoms with Crippen LogP contribution in [0.5, 0.6) is 5.75 Å². The monoisotopic (exact) mass is 277 g/mol. The molecular weight excluding hydrogens is 265 g/mol. The first kappa shape index (κ1) is 13.7. The van der Waals surface area contributed by atoms with Gasteiger partial charge in [0.05, 0.1) is 11.0 Å². The van der Waals surface area contributed by atoms with Gasteiger partial charge in [-0.2, -0.15) is 0 Å². The molecule has 0 radical (unpaired) electrons. The van der Waals surface area contributed by atoms with Crippen molar-refractivity contribution < 1.29 is 14.1 Å². The predicted octanol–water partition coefficient (Wildman–Crippen LogP) is 2.60. The van der Waals surface area contributed by atoms with Crippen LogP contribution < -0.4 is 10.5 Å². The number of anilines is 1. The lowest BCUT2D eigenvalue weighted by Gasteiger charge is -2.08. The van der Waals surface area contributed by atoms with Crippen molar-refractivity contribution in [3.63, 3.8) is 0 Å². The number of halogens is 1. The highest BCUT2D eigenvalue weighted by atomic mass is 19.1. The lowest BCUT2D eigenvalue weighted by Crippen LogP contribution is -2.01. The van der Waals surface area contributed by atoms with Crippen molar-refractivity contribution in [1.29, 1.82) is 0 Å². The second kappa shape index (κ2) is 5.52. The van der Waals surface area contributed by atoms with Gasteiger partial charge >= 0.3 is 0 Å². The van der Waals surface area contributed by atoms with Crippen LogP contribution in [0.15, 0.2) is 30.5 Å². The Balaban J connectivity index is 2.18. The van der Waals surface area contributed by atoms with Crippen LogP contribution in [-0.4, -0.2) is 9.91 Å². The van der Waals surface area contributed by atoms with E-state index in [4.69, 9.17) is 10.5 Å². The van der Waals surface area contributed by atoms with Gasteiger partial charge in [0, 0.05) is 11.8 Å². The number of nitrogens with zero attached hydrogens (tertiary/aromatic N) is 2. The minimum Gasteiger partial charge on any atom is -0.486 e. The molecule has 0 aliphatic heterocycles. The van der Waals surface area contributed by atoms with Gasteiger partial charge in [0.15, 0.2) is 11.6 Å². The summed E-state index contributed by atoms with van der Waals surface area (Å²) in [6.45, 7) is 1.62. The molecule has 0 saturated heterocycles. The molecule has 0 aliphatic rings. The highest BCUT2D eigenvalue weighted by Gasteiger charge is 2.16.